The molecule has 1 aliphatic heterocycles. The zero-order valence-corrected chi connectivity index (χ0v) is 18.5. The monoisotopic (exact) mass is 425 g/mol. The van der Waals surface area contributed by atoms with Crippen LogP contribution >= 0.6 is 0 Å². The highest BCUT2D eigenvalue weighted by Gasteiger charge is 2.35. The summed E-state index contributed by atoms with van der Waals surface area (Å²) in [6.45, 7) is 3.49. The van der Waals surface area contributed by atoms with E-state index in [1.54, 1.807) is 13.2 Å². The lowest BCUT2D eigenvalue weighted by molar-refractivity contribution is -0.0352. The Bertz CT molecular complexity index is 812. The number of phenols is 1. The Hall–Kier alpha value is -2.08. The average Bonchev–Trinajstić information content (AvgIpc) is 3.29. The Morgan fingerprint density at radius 3 is 2.65 bits per heavy atom. The number of benzene rings is 2. The van der Waals surface area contributed by atoms with Crippen molar-refractivity contribution in [1.29, 1.82) is 0 Å². The van der Waals surface area contributed by atoms with Gasteiger partial charge in [-0.25, -0.2) is 0 Å². The first-order chi connectivity index (χ1) is 15.2. The molecule has 5 nitrogen and oxygen atoms in total. The third-order valence-corrected chi connectivity index (χ3v) is 6.61. The van der Waals surface area contributed by atoms with Crippen molar-refractivity contribution in [3.8, 4) is 11.5 Å². The van der Waals surface area contributed by atoms with Crippen LogP contribution in [0.2, 0.25) is 0 Å². The molecule has 2 fully saturated rings. The maximum absolute atomic E-state index is 9.77. The largest absolute Gasteiger partial charge is 0.504 e. The minimum absolute atomic E-state index is 0.178. The van der Waals surface area contributed by atoms with Gasteiger partial charge in [-0.2, -0.15) is 0 Å². The Morgan fingerprint density at radius 2 is 1.81 bits per heavy atom. The zero-order chi connectivity index (χ0) is 21.5. The topological polar surface area (TPSA) is 51.2 Å². The summed E-state index contributed by atoms with van der Waals surface area (Å²) in [6.07, 6.45) is 7.40. The van der Waals surface area contributed by atoms with Gasteiger partial charge in [0, 0.05) is 19.1 Å². The van der Waals surface area contributed by atoms with Gasteiger partial charge >= 0.3 is 0 Å². The van der Waals surface area contributed by atoms with Crippen LogP contribution in [-0.4, -0.2) is 55.1 Å². The van der Waals surface area contributed by atoms with Gasteiger partial charge in [-0.15, -0.1) is 0 Å². The van der Waals surface area contributed by atoms with E-state index in [2.05, 4.69) is 29.2 Å². The van der Waals surface area contributed by atoms with E-state index in [1.165, 1.54) is 24.8 Å². The highest BCUT2D eigenvalue weighted by atomic mass is 16.5. The highest BCUT2D eigenvalue weighted by Crippen LogP contribution is 2.30. The van der Waals surface area contributed by atoms with Gasteiger partial charge in [0.1, 0.15) is 0 Å². The second-order valence-corrected chi connectivity index (χ2v) is 8.72. The van der Waals surface area contributed by atoms with Crippen LogP contribution in [0.15, 0.2) is 48.5 Å². The number of aromatic hydroxyl groups is 1. The normalized spacial score (nSPS) is 24.4. The van der Waals surface area contributed by atoms with Crippen molar-refractivity contribution in [2.24, 2.45) is 0 Å². The first-order valence-electron chi connectivity index (χ1n) is 11.6. The maximum Gasteiger partial charge on any atom is 0.160 e. The van der Waals surface area contributed by atoms with Crippen LogP contribution < -0.4 is 4.74 Å². The Kier molecular flexibility index (Phi) is 7.84. The number of hydrogen-bond donors (Lipinski definition) is 1. The molecule has 4 rings (SSSR count). The fraction of sp³-hybridized carbons (Fsp3) is 0.538. The molecule has 2 aliphatic rings. The second kappa shape index (κ2) is 11.0. The van der Waals surface area contributed by atoms with E-state index in [9.17, 15) is 5.11 Å². The quantitative estimate of drug-likeness (QED) is 0.638. The Balaban J connectivity index is 1.25. The summed E-state index contributed by atoms with van der Waals surface area (Å²) in [5.74, 6) is 0.698. The van der Waals surface area contributed by atoms with Gasteiger partial charge in [-0.1, -0.05) is 49.2 Å². The molecule has 0 bridgehead atoms. The molecule has 1 heterocycles. The second-order valence-electron chi connectivity index (χ2n) is 8.72. The molecule has 31 heavy (non-hydrogen) atoms. The lowest BCUT2D eigenvalue weighted by Crippen LogP contribution is -2.46. The molecule has 0 amide bonds. The molecule has 1 aliphatic carbocycles. The zero-order valence-electron chi connectivity index (χ0n) is 18.5. The molecule has 3 atom stereocenters. The molecule has 1 unspecified atom stereocenters. The minimum atomic E-state index is 0.178. The number of rotatable bonds is 9. The van der Waals surface area contributed by atoms with Crippen LogP contribution in [0.4, 0.5) is 0 Å². The summed E-state index contributed by atoms with van der Waals surface area (Å²) >= 11 is 0. The molecular weight excluding hydrogens is 390 g/mol. The van der Waals surface area contributed by atoms with Crippen LogP contribution in [0.25, 0.3) is 0 Å². The summed E-state index contributed by atoms with van der Waals surface area (Å²) in [7, 11) is 1.58. The molecule has 5 heteroatoms. The summed E-state index contributed by atoms with van der Waals surface area (Å²) < 4.78 is 17.8. The van der Waals surface area contributed by atoms with E-state index in [0.717, 1.165) is 37.9 Å². The summed E-state index contributed by atoms with van der Waals surface area (Å²) in [6, 6.07) is 16.5. The number of likely N-dealkylation sites (tertiary alicyclic amines) is 1. The van der Waals surface area contributed by atoms with Crippen molar-refractivity contribution >= 4 is 0 Å². The van der Waals surface area contributed by atoms with E-state index in [1.807, 2.05) is 18.2 Å². The SMILES string of the molecule is COc1cc(CCOC2CCCC[C@H]2N2CC[C@@H](OCc3ccccc3)C2)ccc1O. The van der Waals surface area contributed by atoms with Crippen molar-refractivity contribution in [3.05, 3.63) is 59.7 Å². The van der Waals surface area contributed by atoms with Crippen molar-refractivity contribution in [2.45, 2.75) is 63.4 Å². The fourth-order valence-corrected chi connectivity index (χ4v) is 4.87. The minimum Gasteiger partial charge on any atom is -0.504 e. The van der Waals surface area contributed by atoms with E-state index >= 15 is 0 Å². The molecule has 0 aromatic heterocycles. The molecule has 0 spiro atoms. The molecule has 168 valence electrons. The van der Waals surface area contributed by atoms with E-state index in [0.29, 0.717) is 37.2 Å². The van der Waals surface area contributed by atoms with Crippen molar-refractivity contribution < 1.29 is 19.3 Å². The number of nitrogens with zero attached hydrogens (tertiary/aromatic N) is 1. The Labute approximate surface area is 185 Å². The molecular formula is C26H35NO4. The molecule has 1 N–H and O–H groups in total. The summed E-state index contributed by atoms with van der Waals surface area (Å²) in [4.78, 5) is 2.60. The summed E-state index contributed by atoms with van der Waals surface area (Å²) in [5, 5.41) is 9.77. The fourth-order valence-electron chi connectivity index (χ4n) is 4.87. The lowest BCUT2D eigenvalue weighted by Gasteiger charge is -2.37. The van der Waals surface area contributed by atoms with Gasteiger partial charge in [-0.3, -0.25) is 4.90 Å². The van der Waals surface area contributed by atoms with Gasteiger partial charge in [0.05, 0.1) is 32.5 Å². The van der Waals surface area contributed by atoms with Gasteiger partial charge in [0.15, 0.2) is 11.5 Å². The first-order valence-corrected chi connectivity index (χ1v) is 11.6. The molecule has 2 aromatic rings. The first kappa shape index (κ1) is 22.1. The predicted molar refractivity (Wildman–Crippen MR) is 122 cm³/mol. The summed E-state index contributed by atoms with van der Waals surface area (Å²) in [5.41, 5.74) is 2.36. The number of phenolic OH excluding ortho intramolecular Hbond substituents is 1. The third-order valence-electron chi connectivity index (χ3n) is 6.61. The van der Waals surface area contributed by atoms with E-state index in [-0.39, 0.29) is 5.75 Å². The molecule has 1 saturated heterocycles. The maximum atomic E-state index is 9.77. The smallest absolute Gasteiger partial charge is 0.160 e. The third kappa shape index (κ3) is 6.00. The molecule has 0 radical (unpaired) electrons. The van der Waals surface area contributed by atoms with Crippen molar-refractivity contribution in [2.75, 3.05) is 26.8 Å². The van der Waals surface area contributed by atoms with Crippen LogP contribution in [0.5, 0.6) is 11.5 Å². The molecule has 1 saturated carbocycles. The Morgan fingerprint density at radius 1 is 0.968 bits per heavy atom. The highest BCUT2D eigenvalue weighted by molar-refractivity contribution is 5.41. The van der Waals surface area contributed by atoms with Crippen LogP contribution in [0, 0.1) is 0 Å². The predicted octanol–water partition coefficient (Wildman–Crippen LogP) is 4.56. The van der Waals surface area contributed by atoms with Crippen molar-refractivity contribution in [3.63, 3.8) is 0 Å². The average molecular weight is 426 g/mol. The van der Waals surface area contributed by atoms with Crippen LogP contribution in [0.1, 0.15) is 43.2 Å². The number of methoxy groups -OCH3 is 1. The number of ether oxygens (including phenoxy) is 3. The van der Waals surface area contributed by atoms with Crippen LogP contribution in [0.3, 0.4) is 0 Å². The molecule has 2 aromatic carbocycles. The standard InChI is InChI=1S/C26H35NO4/c1-29-26-17-20(11-12-24(26)28)14-16-30-25-10-6-5-9-23(25)27-15-13-22(18-27)31-19-21-7-3-2-4-8-21/h2-4,7-8,11-12,17,22-23,25,28H,5-6,9-10,13-16,18-19H2,1H3/t22-,23-,25?/m1/s1. The van der Waals surface area contributed by atoms with E-state index < -0.39 is 0 Å². The lowest BCUT2D eigenvalue weighted by atomic mass is 9.91. The number of hydrogen-bond acceptors (Lipinski definition) is 5. The van der Waals surface area contributed by atoms with Gasteiger partial charge in [-0.05, 0) is 48.9 Å². The van der Waals surface area contributed by atoms with Gasteiger partial charge in [0.25, 0.3) is 0 Å². The van der Waals surface area contributed by atoms with Gasteiger partial charge < -0.3 is 19.3 Å². The van der Waals surface area contributed by atoms with Crippen molar-refractivity contribution in [1.82, 2.24) is 4.90 Å². The van der Waals surface area contributed by atoms with Crippen LogP contribution in [-0.2, 0) is 22.5 Å². The van der Waals surface area contributed by atoms with E-state index in [4.69, 9.17) is 14.2 Å². The van der Waals surface area contributed by atoms with Gasteiger partial charge in [0.2, 0.25) is 0 Å².